The third-order valence-corrected chi connectivity index (χ3v) is 4.95. The Morgan fingerprint density at radius 2 is 1.77 bits per heavy atom. The van der Waals surface area contributed by atoms with E-state index >= 15 is 0 Å². The lowest BCUT2D eigenvalue weighted by molar-refractivity contribution is 0.610. The molecule has 1 N–H and O–H groups in total. The van der Waals surface area contributed by atoms with Crippen molar-refractivity contribution in [3.63, 3.8) is 0 Å². The number of anilines is 2. The molecule has 0 unspecified atom stereocenters. The Labute approximate surface area is 179 Å². The van der Waals surface area contributed by atoms with E-state index in [2.05, 4.69) is 33.0 Å². The molecule has 152 valence electrons. The van der Waals surface area contributed by atoms with E-state index in [1.165, 1.54) is 6.33 Å². The van der Waals surface area contributed by atoms with Crippen LogP contribution in [0.4, 0.5) is 16.0 Å². The largest absolute Gasteiger partial charge is 0.363 e. The second kappa shape index (κ2) is 8.96. The Balaban J connectivity index is 1.44. The van der Waals surface area contributed by atoms with Crippen molar-refractivity contribution in [1.82, 2.24) is 19.7 Å². The molecule has 0 aliphatic heterocycles. The first-order valence-electron chi connectivity index (χ1n) is 9.42. The van der Waals surface area contributed by atoms with Gasteiger partial charge in [-0.15, -0.1) is 12.6 Å². The summed E-state index contributed by atoms with van der Waals surface area (Å²) in [5, 5.41) is 7.26. The predicted octanol–water partition coefficient (Wildman–Crippen LogP) is 4.34. The van der Waals surface area contributed by atoms with Gasteiger partial charge in [0.15, 0.2) is 11.6 Å². The van der Waals surface area contributed by atoms with Gasteiger partial charge in [-0.3, -0.25) is 0 Å². The Hall–Kier alpha value is -3.39. The third kappa shape index (κ3) is 4.60. The Morgan fingerprint density at radius 3 is 2.47 bits per heavy atom. The average Bonchev–Trinajstić information content (AvgIpc) is 3.29. The summed E-state index contributed by atoms with van der Waals surface area (Å²) in [4.78, 5) is 10.8. The zero-order valence-electron chi connectivity index (χ0n) is 16.4. The maximum atomic E-state index is 15.0. The van der Waals surface area contributed by atoms with E-state index in [9.17, 15) is 4.39 Å². The lowest BCUT2D eigenvalue weighted by atomic mass is 10.2. The highest BCUT2D eigenvalue weighted by Gasteiger charge is 2.15. The van der Waals surface area contributed by atoms with Crippen molar-refractivity contribution in [1.29, 1.82) is 0 Å². The summed E-state index contributed by atoms with van der Waals surface area (Å²) in [5.74, 6) is -0.0517. The summed E-state index contributed by atoms with van der Waals surface area (Å²) in [7, 11) is 1.81. The molecule has 0 bridgehead atoms. The van der Waals surface area contributed by atoms with Crippen molar-refractivity contribution in [2.24, 2.45) is 0 Å². The first-order chi connectivity index (χ1) is 14.6. The molecule has 2 heterocycles. The molecule has 0 aliphatic rings. The molecule has 30 heavy (non-hydrogen) atoms. The van der Waals surface area contributed by atoms with Crippen LogP contribution in [0.5, 0.6) is 0 Å². The number of nitrogens with one attached hydrogen (secondary N) is 1. The van der Waals surface area contributed by atoms with Crippen LogP contribution in [-0.4, -0.2) is 26.8 Å². The fourth-order valence-corrected chi connectivity index (χ4v) is 3.22. The van der Waals surface area contributed by atoms with Crippen LogP contribution in [0.3, 0.4) is 0 Å². The zero-order valence-corrected chi connectivity index (χ0v) is 17.3. The molecule has 0 amide bonds. The first kappa shape index (κ1) is 19.9. The van der Waals surface area contributed by atoms with Gasteiger partial charge in [0.05, 0.1) is 5.69 Å². The van der Waals surface area contributed by atoms with E-state index in [1.807, 2.05) is 67.8 Å². The molecule has 0 saturated heterocycles. The second-order valence-electron chi connectivity index (χ2n) is 6.85. The monoisotopic (exact) mass is 420 g/mol. The summed E-state index contributed by atoms with van der Waals surface area (Å²) in [6, 6.07) is 17.5. The van der Waals surface area contributed by atoms with Crippen LogP contribution in [0.1, 0.15) is 11.1 Å². The minimum Gasteiger partial charge on any atom is -0.363 e. The van der Waals surface area contributed by atoms with Crippen LogP contribution in [-0.2, 0) is 13.1 Å². The van der Waals surface area contributed by atoms with E-state index < -0.39 is 5.82 Å². The van der Waals surface area contributed by atoms with Crippen LogP contribution in [0, 0.1) is 5.82 Å². The number of halogens is 1. The van der Waals surface area contributed by atoms with E-state index in [0.29, 0.717) is 13.1 Å². The van der Waals surface area contributed by atoms with E-state index in [-0.39, 0.29) is 11.6 Å². The number of aromatic nitrogens is 4. The predicted molar refractivity (Wildman–Crippen MR) is 119 cm³/mol. The van der Waals surface area contributed by atoms with E-state index in [4.69, 9.17) is 0 Å². The molecule has 6 nitrogen and oxygen atoms in total. The number of nitrogens with zero attached hydrogens (tertiary/aromatic N) is 5. The molecule has 2 aromatic carbocycles. The van der Waals surface area contributed by atoms with Gasteiger partial charge in [-0.2, -0.15) is 9.49 Å². The standard InChI is InChI=1S/C22H21FN6S/c1-28(14-17-3-7-18(8-4-17)29-12-2-11-27-29)22-20(23)21(25-15-26-22)24-13-16-5-9-19(30)10-6-16/h2-12,15,30H,13-14H2,1H3,(H,24,25,26). The summed E-state index contributed by atoms with van der Waals surface area (Å²) in [5.41, 5.74) is 3.02. The van der Waals surface area contributed by atoms with Crippen molar-refractivity contribution in [2.45, 2.75) is 18.0 Å². The van der Waals surface area contributed by atoms with Crippen LogP contribution >= 0.6 is 12.6 Å². The maximum Gasteiger partial charge on any atom is 0.207 e. The minimum absolute atomic E-state index is 0.177. The quantitative estimate of drug-likeness (QED) is 0.436. The van der Waals surface area contributed by atoms with Gasteiger partial charge in [-0.1, -0.05) is 24.3 Å². The van der Waals surface area contributed by atoms with Crippen molar-refractivity contribution in [2.75, 3.05) is 17.3 Å². The molecule has 0 radical (unpaired) electrons. The molecule has 8 heteroatoms. The highest BCUT2D eigenvalue weighted by Crippen LogP contribution is 2.22. The van der Waals surface area contributed by atoms with Crippen LogP contribution < -0.4 is 10.2 Å². The molecule has 0 atom stereocenters. The van der Waals surface area contributed by atoms with Gasteiger partial charge in [0.2, 0.25) is 5.82 Å². The first-order valence-corrected chi connectivity index (χ1v) is 9.87. The van der Waals surface area contributed by atoms with Crippen LogP contribution in [0.15, 0.2) is 78.2 Å². The van der Waals surface area contributed by atoms with Crippen LogP contribution in [0.25, 0.3) is 5.69 Å². The van der Waals surface area contributed by atoms with Gasteiger partial charge in [0.1, 0.15) is 6.33 Å². The fraction of sp³-hybridized carbons (Fsp3) is 0.136. The Kier molecular flexibility index (Phi) is 5.94. The number of rotatable bonds is 7. The minimum atomic E-state index is -0.473. The highest BCUT2D eigenvalue weighted by molar-refractivity contribution is 7.80. The van der Waals surface area contributed by atoms with Crippen molar-refractivity contribution < 1.29 is 4.39 Å². The lowest BCUT2D eigenvalue weighted by Crippen LogP contribution is -2.20. The molecule has 0 fully saturated rings. The second-order valence-corrected chi connectivity index (χ2v) is 7.37. The maximum absolute atomic E-state index is 15.0. The lowest BCUT2D eigenvalue weighted by Gasteiger charge is -2.20. The van der Waals surface area contributed by atoms with Gasteiger partial charge < -0.3 is 10.2 Å². The number of thiol groups is 1. The number of hydrogen-bond acceptors (Lipinski definition) is 6. The smallest absolute Gasteiger partial charge is 0.207 e. The van der Waals surface area contributed by atoms with Gasteiger partial charge in [0, 0.05) is 37.4 Å². The Bertz CT molecular complexity index is 1100. The Morgan fingerprint density at radius 1 is 1.03 bits per heavy atom. The van der Waals surface area contributed by atoms with Crippen LogP contribution in [0.2, 0.25) is 0 Å². The highest BCUT2D eigenvalue weighted by atomic mass is 32.1. The molecule has 0 aliphatic carbocycles. The van der Waals surface area contributed by atoms with Gasteiger partial charge in [-0.05, 0) is 41.5 Å². The normalized spacial score (nSPS) is 10.8. The summed E-state index contributed by atoms with van der Waals surface area (Å²) < 4.78 is 16.8. The van der Waals surface area contributed by atoms with E-state index in [1.54, 1.807) is 15.8 Å². The molecule has 4 rings (SSSR count). The molecule has 4 aromatic rings. The molecule has 0 spiro atoms. The van der Waals surface area contributed by atoms with Crippen molar-refractivity contribution in [3.8, 4) is 5.69 Å². The molecular formula is C22H21FN6S. The van der Waals surface area contributed by atoms with Gasteiger partial charge >= 0.3 is 0 Å². The number of hydrogen-bond donors (Lipinski definition) is 2. The zero-order chi connectivity index (χ0) is 20.9. The average molecular weight is 421 g/mol. The van der Waals surface area contributed by atoms with Crippen molar-refractivity contribution in [3.05, 3.63) is 90.3 Å². The van der Waals surface area contributed by atoms with Gasteiger partial charge in [-0.25, -0.2) is 14.6 Å². The summed E-state index contributed by atoms with van der Waals surface area (Å²) in [6.07, 6.45) is 4.99. The summed E-state index contributed by atoms with van der Waals surface area (Å²) >= 11 is 4.27. The topological polar surface area (TPSA) is 58.9 Å². The fourth-order valence-electron chi connectivity index (χ4n) is 3.07. The molecular weight excluding hydrogens is 399 g/mol. The van der Waals surface area contributed by atoms with Gasteiger partial charge in [0.25, 0.3) is 0 Å². The van der Waals surface area contributed by atoms with Crippen molar-refractivity contribution >= 4 is 24.3 Å². The third-order valence-electron chi connectivity index (χ3n) is 4.65. The SMILES string of the molecule is CN(Cc1ccc(-n2cccn2)cc1)c1ncnc(NCc2ccc(S)cc2)c1F. The van der Waals surface area contributed by atoms with E-state index in [0.717, 1.165) is 21.7 Å². The summed E-state index contributed by atoms with van der Waals surface area (Å²) in [6.45, 7) is 0.968. The number of benzene rings is 2. The molecule has 2 aromatic heterocycles. The molecule has 0 saturated carbocycles.